The Kier molecular flexibility index (Phi) is 9.20. The van der Waals surface area contributed by atoms with Crippen molar-refractivity contribution in [3.05, 3.63) is 261 Å². The summed E-state index contributed by atoms with van der Waals surface area (Å²) in [6.07, 6.45) is 0. The van der Waals surface area contributed by atoms with Crippen molar-refractivity contribution in [1.82, 2.24) is 4.57 Å². The highest BCUT2D eigenvalue weighted by Crippen LogP contribution is 2.47. The van der Waals surface area contributed by atoms with Gasteiger partial charge in [-0.05, 0) is 147 Å². The van der Waals surface area contributed by atoms with Crippen LogP contribution in [0.3, 0.4) is 0 Å². The van der Waals surface area contributed by atoms with Gasteiger partial charge in [0.25, 0.3) is 0 Å². The van der Waals surface area contributed by atoms with Crippen LogP contribution in [0.2, 0.25) is 0 Å². The number of fused-ring (bicyclic) bond motifs is 10. The van der Waals surface area contributed by atoms with Crippen molar-refractivity contribution in [2.75, 3.05) is 0 Å². The average Bonchev–Trinajstić information content (AvgIpc) is 4.00. The molecule has 0 aliphatic rings. The first-order valence-corrected chi connectivity index (χ1v) is 25.6. The van der Waals surface area contributed by atoms with Gasteiger partial charge in [-0.25, -0.2) is 0 Å². The van der Waals surface area contributed by atoms with Gasteiger partial charge in [-0.3, -0.25) is 0 Å². The van der Waals surface area contributed by atoms with Crippen molar-refractivity contribution in [3.8, 4) is 61.3 Å². The fraction of sp³-hybridized carbons (Fsp3) is 0. The van der Waals surface area contributed by atoms with Crippen LogP contribution in [0.5, 0.6) is 0 Å². The van der Waals surface area contributed by atoms with Gasteiger partial charge in [0, 0.05) is 36.6 Å². The van der Waals surface area contributed by atoms with Crippen LogP contribution in [0.1, 0.15) is 0 Å². The van der Waals surface area contributed by atoms with Crippen molar-refractivity contribution in [1.29, 1.82) is 0 Å². The van der Waals surface area contributed by atoms with Gasteiger partial charge in [0.1, 0.15) is 0 Å². The lowest BCUT2D eigenvalue weighted by Gasteiger charge is -2.20. The number of rotatable bonds is 6. The Hall–Kier alpha value is -9.08. The maximum absolute atomic E-state index is 2.48. The highest BCUT2D eigenvalue weighted by Gasteiger charge is 2.21. The van der Waals surface area contributed by atoms with E-state index in [1.807, 2.05) is 11.3 Å². The minimum atomic E-state index is 1.13. The normalized spacial score (nSPS) is 11.9. The molecule has 72 heavy (non-hydrogen) atoms. The first-order chi connectivity index (χ1) is 35.7. The summed E-state index contributed by atoms with van der Waals surface area (Å²) < 4.78 is 5.14. The summed E-state index contributed by atoms with van der Waals surface area (Å²) in [6.45, 7) is 0. The molecule has 0 saturated heterocycles. The van der Waals surface area contributed by atoms with E-state index in [4.69, 9.17) is 0 Å². The number of hydrogen-bond donors (Lipinski definition) is 0. The second kappa shape index (κ2) is 16.2. The Morgan fingerprint density at radius 2 is 0.736 bits per heavy atom. The van der Waals surface area contributed by atoms with Gasteiger partial charge in [0.2, 0.25) is 0 Å². The lowest BCUT2D eigenvalue weighted by molar-refractivity contribution is 1.19. The molecule has 15 aromatic rings. The van der Waals surface area contributed by atoms with Gasteiger partial charge in [-0.15, -0.1) is 11.3 Å². The number of para-hydroxylation sites is 1. The van der Waals surface area contributed by atoms with Crippen LogP contribution < -0.4 is 0 Å². The average molecular weight is 930 g/mol. The van der Waals surface area contributed by atoms with Gasteiger partial charge in [-0.1, -0.05) is 212 Å². The molecule has 0 atom stereocenters. The minimum Gasteiger partial charge on any atom is -0.309 e. The molecule has 0 bridgehead atoms. The number of aromatic nitrogens is 1. The SMILES string of the molecule is c1ccc2cc(-c3ccc(-c4c5ccccc5c(-c5ccc(-c6ccc7ccccc7c6)cc5)c5cc(-n6c7ccccc7c7cc(-c8cccc9c8sc8ccccc89)ccc76)ccc45)cc3)ccc2c1. The maximum Gasteiger partial charge on any atom is 0.0541 e. The van der Waals surface area contributed by atoms with Gasteiger partial charge in [0.05, 0.1) is 11.0 Å². The zero-order chi connectivity index (χ0) is 47.3. The molecule has 15 rings (SSSR count). The predicted octanol–water partition coefficient (Wildman–Crippen LogP) is 20.1. The molecule has 2 heterocycles. The Balaban J connectivity index is 0.934. The zero-order valence-electron chi connectivity index (χ0n) is 39.2. The van der Waals surface area contributed by atoms with E-state index in [9.17, 15) is 0 Å². The topological polar surface area (TPSA) is 4.93 Å². The molecule has 0 aliphatic heterocycles. The monoisotopic (exact) mass is 929 g/mol. The van der Waals surface area contributed by atoms with Crippen LogP contribution in [-0.4, -0.2) is 4.57 Å². The molecule has 1 nitrogen and oxygen atoms in total. The first-order valence-electron chi connectivity index (χ1n) is 24.8. The molecule has 2 aromatic heterocycles. The van der Waals surface area contributed by atoms with Crippen molar-refractivity contribution in [3.63, 3.8) is 0 Å². The quantitative estimate of drug-likeness (QED) is 0.146. The number of hydrogen-bond acceptors (Lipinski definition) is 1. The molecule has 13 aromatic carbocycles. The van der Waals surface area contributed by atoms with Crippen molar-refractivity contribution < 1.29 is 0 Å². The Labute approximate surface area is 420 Å². The molecule has 0 saturated carbocycles. The van der Waals surface area contributed by atoms with Gasteiger partial charge in [0.15, 0.2) is 0 Å². The van der Waals surface area contributed by atoms with E-state index >= 15 is 0 Å². The highest BCUT2D eigenvalue weighted by molar-refractivity contribution is 7.26. The second-order valence-electron chi connectivity index (χ2n) is 19.2. The van der Waals surface area contributed by atoms with E-state index in [2.05, 4.69) is 265 Å². The molecule has 0 spiro atoms. The van der Waals surface area contributed by atoms with E-state index in [0.29, 0.717) is 0 Å². The number of nitrogens with zero attached hydrogens (tertiary/aromatic N) is 1. The third-order valence-corrected chi connectivity index (χ3v) is 16.4. The fourth-order valence-electron chi connectivity index (χ4n) is 11.7. The molecule has 0 aliphatic carbocycles. The number of benzene rings is 13. The van der Waals surface area contributed by atoms with Gasteiger partial charge >= 0.3 is 0 Å². The fourth-order valence-corrected chi connectivity index (χ4v) is 13.0. The predicted molar refractivity (Wildman–Crippen MR) is 311 cm³/mol. The standard InChI is InChI=1S/C70H43NS/c1-3-14-50-40-52(34-28-44(50)12-1)46-24-30-48(31-25-46)68-59-18-5-6-19-60(59)69(49-32-26-47(27-33-49)53-35-29-45-13-2-4-15-51(45)41-53)64-43-55(37-38-61(64)68)71-65-22-9-7-16-57(65)63-42-54(36-39-66(63)71)56-20-11-21-62-58-17-8-10-23-67(58)72-70(56)62/h1-43H. The van der Waals surface area contributed by atoms with E-state index in [1.165, 1.54) is 141 Å². The van der Waals surface area contributed by atoms with Crippen LogP contribution >= 0.6 is 11.3 Å². The summed E-state index contributed by atoms with van der Waals surface area (Å²) in [7, 11) is 0. The summed E-state index contributed by atoms with van der Waals surface area (Å²) >= 11 is 1.89. The molecular weight excluding hydrogens is 887 g/mol. The van der Waals surface area contributed by atoms with Crippen molar-refractivity contribution in [2.24, 2.45) is 0 Å². The summed E-state index contributed by atoms with van der Waals surface area (Å²) in [5, 5.41) is 15.1. The van der Waals surface area contributed by atoms with E-state index in [1.54, 1.807) is 0 Å². The smallest absolute Gasteiger partial charge is 0.0541 e. The Bertz CT molecular complexity index is 4670. The van der Waals surface area contributed by atoms with Crippen LogP contribution in [0.15, 0.2) is 261 Å². The van der Waals surface area contributed by atoms with Gasteiger partial charge in [-0.2, -0.15) is 0 Å². The van der Waals surface area contributed by atoms with Crippen LogP contribution in [0.25, 0.3) is 146 Å². The lowest BCUT2D eigenvalue weighted by Crippen LogP contribution is -1.96. The number of thiophene rings is 1. The molecule has 0 amide bonds. The van der Waals surface area contributed by atoms with Crippen LogP contribution in [0, 0.1) is 0 Å². The maximum atomic E-state index is 2.48. The zero-order valence-corrected chi connectivity index (χ0v) is 40.0. The van der Waals surface area contributed by atoms with Gasteiger partial charge < -0.3 is 4.57 Å². The molecule has 334 valence electrons. The summed E-state index contributed by atoms with van der Waals surface area (Å²) in [6, 6.07) is 97.0. The van der Waals surface area contributed by atoms with Crippen LogP contribution in [0.4, 0.5) is 0 Å². The largest absolute Gasteiger partial charge is 0.309 e. The molecule has 0 fully saturated rings. The summed E-state index contributed by atoms with van der Waals surface area (Å²) in [4.78, 5) is 0. The third-order valence-electron chi connectivity index (χ3n) is 15.2. The molecular formula is C70H43NS. The molecule has 2 heteroatoms. The minimum absolute atomic E-state index is 1.13. The highest BCUT2D eigenvalue weighted by atomic mass is 32.1. The van der Waals surface area contributed by atoms with Crippen LogP contribution in [-0.2, 0) is 0 Å². The molecule has 0 N–H and O–H groups in total. The summed E-state index contributed by atoms with van der Waals surface area (Å²) in [5.41, 5.74) is 15.8. The Morgan fingerprint density at radius 3 is 1.40 bits per heavy atom. The Morgan fingerprint density at radius 1 is 0.250 bits per heavy atom. The lowest BCUT2D eigenvalue weighted by atomic mass is 9.85. The van der Waals surface area contributed by atoms with E-state index in [0.717, 1.165) is 5.69 Å². The molecule has 0 unspecified atom stereocenters. The second-order valence-corrected chi connectivity index (χ2v) is 20.2. The molecule has 0 radical (unpaired) electrons. The van der Waals surface area contributed by atoms with Crippen molar-refractivity contribution in [2.45, 2.75) is 0 Å². The summed E-state index contributed by atoms with van der Waals surface area (Å²) in [5.74, 6) is 0. The van der Waals surface area contributed by atoms with Crippen molar-refractivity contribution >= 4 is 96.4 Å². The third kappa shape index (κ3) is 6.47. The van der Waals surface area contributed by atoms with E-state index < -0.39 is 0 Å². The first kappa shape index (κ1) is 40.8. The van der Waals surface area contributed by atoms with E-state index in [-0.39, 0.29) is 0 Å².